The number of amides is 2. The van der Waals surface area contributed by atoms with Crippen LogP contribution in [0.1, 0.15) is 22.8 Å². The maximum atomic E-state index is 12.3. The molecule has 6 nitrogen and oxygen atoms in total. The molecule has 2 aromatic carbocycles. The summed E-state index contributed by atoms with van der Waals surface area (Å²) in [6.07, 6.45) is 0.188. The predicted octanol–water partition coefficient (Wildman–Crippen LogP) is 2.07. The van der Waals surface area contributed by atoms with Gasteiger partial charge in [-0.2, -0.15) is 0 Å². The maximum absolute atomic E-state index is 12.3. The van der Waals surface area contributed by atoms with Crippen LogP contribution in [0.2, 0.25) is 0 Å². The van der Waals surface area contributed by atoms with Gasteiger partial charge in [-0.25, -0.2) is 4.79 Å². The van der Waals surface area contributed by atoms with E-state index in [2.05, 4.69) is 10.6 Å². The molecule has 0 aliphatic carbocycles. The summed E-state index contributed by atoms with van der Waals surface area (Å²) in [6, 6.07) is 14.4. The first-order chi connectivity index (χ1) is 11.5. The Bertz CT molecular complexity index is 744. The summed E-state index contributed by atoms with van der Waals surface area (Å²) in [4.78, 5) is 34.8. The monoisotopic (exact) mass is 326 g/mol. The molecule has 124 valence electrons. The fourth-order valence-corrected chi connectivity index (χ4v) is 2.23. The molecule has 24 heavy (non-hydrogen) atoms. The van der Waals surface area contributed by atoms with Crippen LogP contribution in [0.15, 0.2) is 54.6 Å². The van der Waals surface area contributed by atoms with Crippen molar-refractivity contribution in [3.05, 3.63) is 65.7 Å². The van der Waals surface area contributed by atoms with E-state index in [-0.39, 0.29) is 17.9 Å². The van der Waals surface area contributed by atoms with Crippen molar-refractivity contribution in [2.45, 2.75) is 19.4 Å². The smallest absolute Gasteiger partial charge is 0.326 e. The van der Waals surface area contributed by atoms with E-state index >= 15 is 0 Å². The molecule has 0 saturated carbocycles. The van der Waals surface area contributed by atoms with E-state index in [9.17, 15) is 19.5 Å². The number of carbonyl (C=O) groups excluding carboxylic acids is 2. The van der Waals surface area contributed by atoms with Crippen molar-refractivity contribution in [3.63, 3.8) is 0 Å². The Morgan fingerprint density at radius 3 is 2.38 bits per heavy atom. The number of nitrogens with one attached hydrogen (secondary N) is 2. The Morgan fingerprint density at radius 1 is 1.04 bits per heavy atom. The minimum atomic E-state index is -1.11. The van der Waals surface area contributed by atoms with Crippen LogP contribution >= 0.6 is 0 Å². The number of anilines is 1. The Labute approximate surface area is 139 Å². The standard InChI is InChI=1S/C18H18N2O4/c1-12(21)19-15-9-5-8-14(11-15)17(22)20-16(18(23)24)10-13-6-3-2-4-7-13/h2-9,11,16H,10H2,1H3,(H,19,21)(H,20,22)(H,23,24)/t16-/m1/s1. The molecule has 0 spiro atoms. The second kappa shape index (κ2) is 7.92. The average Bonchev–Trinajstić information content (AvgIpc) is 2.54. The molecule has 1 atom stereocenters. The molecule has 0 unspecified atom stereocenters. The first-order valence-electron chi connectivity index (χ1n) is 7.41. The lowest BCUT2D eigenvalue weighted by atomic mass is 10.1. The van der Waals surface area contributed by atoms with Crippen molar-refractivity contribution < 1.29 is 19.5 Å². The fourth-order valence-electron chi connectivity index (χ4n) is 2.23. The summed E-state index contributed by atoms with van der Waals surface area (Å²) in [6.45, 7) is 1.37. The van der Waals surface area contributed by atoms with Crippen molar-refractivity contribution in [2.24, 2.45) is 0 Å². The van der Waals surface area contributed by atoms with Gasteiger partial charge in [0.1, 0.15) is 6.04 Å². The molecule has 0 bridgehead atoms. The summed E-state index contributed by atoms with van der Waals surface area (Å²) < 4.78 is 0. The lowest BCUT2D eigenvalue weighted by molar-refractivity contribution is -0.139. The summed E-state index contributed by atoms with van der Waals surface area (Å²) in [7, 11) is 0. The van der Waals surface area contributed by atoms with Crippen LogP contribution in [0.25, 0.3) is 0 Å². The fraction of sp³-hybridized carbons (Fsp3) is 0.167. The minimum absolute atomic E-state index is 0.188. The van der Waals surface area contributed by atoms with Crippen LogP contribution in [0, 0.1) is 0 Å². The summed E-state index contributed by atoms with van der Waals surface area (Å²) in [5, 5.41) is 14.4. The second-order valence-corrected chi connectivity index (χ2v) is 5.32. The van der Waals surface area contributed by atoms with Gasteiger partial charge in [-0.15, -0.1) is 0 Å². The van der Waals surface area contributed by atoms with Crippen molar-refractivity contribution in [1.82, 2.24) is 5.32 Å². The van der Waals surface area contributed by atoms with E-state index < -0.39 is 17.9 Å². The van der Waals surface area contributed by atoms with Crippen LogP contribution in [0.5, 0.6) is 0 Å². The first kappa shape index (κ1) is 17.2. The number of rotatable bonds is 6. The van der Waals surface area contributed by atoms with Crippen molar-refractivity contribution in [1.29, 1.82) is 0 Å². The lowest BCUT2D eigenvalue weighted by Crippen LogP contribution is -2.42. The predicted molar refractivity (Wildman–Crippen MR) is 89.8 cm³/mol. The molecule has 0 radical (unpaired) electrons. The number of benzene rings is 2. The highest BCUT2D eigenvalue weighted by atomic mass is 16.4. The largest absolute Gasteiger partial charge is 0.480 e. The van der Waals surface area contributed by atoms with E-state index in [1.807, 2.05) is 18.2 Å². The minimum Gasteiger partial charge on any atom is -0.480 e. The van der Waals surface area contributed by atoms with E-state index in [4.69, 9.17) is 0 Å². The molecule has 0 aliphatic rings. The molecular weight excluding hydrogens is 308 g/mol. The van der Waals surface area contributed by atoms with Crippen LogP contribution in [0.4, 0.5) is 5.69 Å². The molecule has 3 N–H and O–H groups in total. The molecular formula is C18H18N2O4. The highest BCUT2D eigenvalue weighted by molar-refractivity contribution is 5.98. The van der Waals surface area contributed by atoms with E-state index in [1.54, 1.807) is 30.3 Å². The molecule has 0 aliphatic heterocycles. The number of carboxylic acid groups (broad SMARTS) is 1. The number of carboxylic acids is 1. The van der Waals surface area contributed by atoms with Crippen LogP contribution in [0.3, 0.4) is 0 Å². The van der Waals surface area contributed by atoms with Gasteiger partial charge in [0, 0.05) is 24.6 Å². The Balaban J connectivity index is 2.10. The van der Waals surface area contributed by atoms with Gasteiger partial charge >= 0.3 is 5.97 Å². The van der Waals surface area contributed by atoms with Crippen molar-refractivity contribution in [3.8, 4) is 0 Å². The molecule has 6 heteroatoms. The average molecular weight is 326 g/mol. The van der Waals surface area contributed by atoms with Gasteiger partial charge in [0.2, 0.25) is 5.91 Å². The van der Waals surface area contributed by atoms with E-state index in [0.717, 1.165) is 5.56 Å². The molecule has 2 amide bonds. The Morgan fingerprint density at radius 2 is 1.75 bits per heavy atom. The maximum Gasteiger partial charge on any atom is 0.326 e. The van der Waals surface area contributed by atoms with Crippen molar-refractivity contribution >= 4 is 23.5 Å². The Hall–Kier alpha value is -3.15. The van der Waals surface area contributed by atoms with Crippen LogP contribution in [-0.2, 0) is 16.0 Å². The summed E-state index contributed by atoms with van der Waals surface area (Å²) >= 11 is 0. The van der Waals surface area contributed by atoms with E-state index in [0.29, 0.717) is 5.69 Å². The SMILES string of the molecule is CC(=O)Nc1cccc(C(=O)N[C@H](Cc2ccccc2)C(=O)O)c1. The third-order valence-electron chi connectivity index (χ3n) is 3.33. The third kappa shape index (κ3) is 4.95. The van der Waals surface area contributed by atoms with Gasteiger partial charge in [0.05, 0.1) is 0 Å². The van der Waals surface area contributed by atoms with Gasteiger partial charge in [0.25, 0.3) is 5.91 Å². The van der Waals surface area contributed by atoms with Gasteiger partial charge in [-0.05, 0) is 23.8 Å². The molecule has 0 fully saturated rings. The summed E-state index contributed by atoms with van der Waals surface area (Å²) in [5.74, 6) is -1.86. The molecule has 2 aromatic rings. The van der Waals surface area contributed by atoms with Gasteiger partial charge in [-0.3, -0.25) is 9.59 Å². The van der Waals surface area contributed by atoms with Gasteiger partial charge in [-0.1, -0.05) is 36.4 Å². The highest BCUT2D eigenvalue weighted by Gasteiger charge is 2.21. The van der Waals surface area contributed by atoms with E-state index in [1.165, 1.54) is 13.0 Å². The quantitative estimate of drug-likeness (QED) is 0.757. The first-order valence-corrected chi connectivity index (χ1v) is 7.41. The third-order valence-corrected chi connectivity index (χ3v) is 3.33. The zero-order valence-corrected chi connectivity index (χ0v) is 13.2. The number of carbonyl (C=O) groups is 3. The molecule has 2 rings (SSSR count). The number of hydrogen-bond donors (Lipinski definition) is 3. The molecule has 0 heterocycles. The Kier molecular flexibility index (Phi) is 5.68. The van der Waals surface area contributed by atoms with Crippen LogP contribution < -0.4 is 10.6 Å². The highest BCUT2D eigenvalue weighted by Crippen LogP contribution is 2.11. The second-order valence-electron chi connectivity index (χ2n) is 5.32. The normalized spacial score (nSPS) is 11.4. The van der Waals surface area contributed by atoms with Gasteiger partial charge in [0.15, 0.2) is 0 Å². The topological polar surface area (TPSA) is 95.5 Å². The molecule has 0 aromatic heterocycles. The molecule has 0 saturated heterocycles. The number of hydrogen-bond acceptors (Lipinski definition) is 3. The summed E-state index contributed by atoms with van der Waals surface area (Å²) in [5.41, 5.74) is 1.57. The van der Waals surface area contributed by atoms with Crippen molar-refractivity contribution in [2.75, 3.05) is 5.32 Å². The van der Waals surface area contributed by atoms with Gasteiger partial charge < -0.3 is 15.7 Å². The zero-order chi connectivity index (χ0) is 17.5. The van der Waals surface area contributed by atoms with Crippen LogP contribution in [-0.4, -0.2) is 28.9 Å². The zero-order valence-electron chi connectivity index (χ0n) is 13.2. The number of aliphatic carboxylic acids is 1. The lowest BCUT2D eigenvalue weighted by Gasteiger charge is -2.15.